The third-order valence-corrected chi connectivity index (χ3v) is 5.40. The Morgan fingerprint density at radius 1 is 0.923 bits per heavy atom. The zero-order chi connectivity index (χ0) is 19.9. The molecule has 0 aromatic heterocycles. The molecule has 0 spiro atoms. The molecule has 0 radical (unpaired) electrons. The predicted molar refractivity (Wildman–Crippen MR) is 110 cm³/mol. The van der Waals surface area contributed by atoms with Crippen molar-refractivity contribution in [1.29, 1.82) is 0 Å². The van der Waals surface area contributed by atoms with Crippen molar-refractivity contribution in [2.45, 2.75) is 73.0 Å². The minimum atomic E-state index is -0.383. The van der Waals surface area contributed by atoms with Crippen LogP contribution in [0.25, 0.3) is 0 Å². The van der Waals surface area contributed by atoms with E-state index >= 15 is 0 Å². The number of carbonyl (C=O) groups excluding carboxylic acids is 1. The fourth-order valence-electron chi connectivity index (χ4n) is 3.41. The lowest BCUT2D eigenvalue weighted by Gasteiger charge is -2.34. The van der Waals surface area contributed by atoms with E-state index in [4.69, 9.17) is 4.74 Å². The Kier molecular flexibility index (Phi) is 9.39. The van der Waals surface area contributed by atoms with E-state index < -0.39 is 0 Å². The van der Waals surface area contributed by atoms with Gasteiger partial charge >= 0.3 is 6.09 Å². The molecule has 0 atom stereocenters. The van der Waals surface area contributed by atoms with Crippen molar-refractivity contribution in [3.8, 4) is 0 Å². The molecule has 2 saturated heterocycles. The molecule has 0 bridgehead atoms. The van der Waals surface area contributed by atoms with Gasteiger partial charge in [0, 0.05) is 45.3 Å². The quantitative estimate of drug-likeness (QED) is 0.739. The number of hydrogen-bond acceptors (Lipinski definition) is 4. The van der Waals surface area contributed by atoms with Gasteiger partial charge in [0.05, 0.1) is 0 Å². The second-order valence-corrected chi connectivity index (χ2v) is 9.48. The first kappa shape index (κ1) is 23.2. The molecule has 2 fully saturated rings. The number of likely N-dealkylation sites (N-methyl/N-ethyl adjacent to an activating group) is 1. The Balaban J connectivity index is 0.000000289. The van der Waals surface area contributed by atoms with Crippen molar-refractivity contribution in [2.24, 2.45) is 11.8 Å². The molecule has 0 aromatic carbocycles. The van der Waals surface area contributed by atoms with Crippen molar-refractivity contribution in [3.05, 3.63) is 0 Å². The van der Waals surface area contributed by atoms with Gasteiger partial charge in [-0.15, -0.1) is 0 Å². The molecule has 0 aliphatic carbocycles. The zero-order valence-corrected chi connectivity index (χ0v) is 18.5. The van der Waals surface area contributed by atoms with Crippen LogP contribution in [-0.4, -0.2) is 78.8 Å². The van der Waals surface area contributed by atoms with Crippen molar-refractivity contribution in [3.63, 3.8) is 0 Å². The van der Waals surface area contributed by atoms with E-state index in [9.17, 15) is 4.79 Å². The van der Waals surface area contributed by atoms with Crippen LogP contribution in [0, 0.1) is 11.8 Å². The highest BCUT2D eigenvalue weighted by Gasteiger charge is 2.27. The first-order valence-corrected chi connectivity index (χ1v) is 10.4. The summed E-state index contributed by atoms with van der Waals surface area (Å²) in [4.78, 5) is 18.5. The van der Waals surface area contributed by atoms with Crippen LogP contribution < -0.4 is 0 Å². The summed E-state index contributed by atoms with van der Waals surface area (Å²) in [7, 11) is 2.19. The minimum Gasteiger partial charge on any atom is -0.444 e. The molecular weight excluding hydrogens is 326 g/mol. The van der Waals surface area contributed by atoms with E-state index in [-0.39, 0.29) is 11.7 Å². The Labute approximate surface area is 162 Å². The maximum atomic E-state index is 11.8. The lowest BCUT2D eigenvalue weighted by atomic mass is 9.87. The second-order valence-electron chi connectivity index (χ2n) is 9.48. The van der Waals surface area contributed by atoms with E-state index in [2.05, 4.69) is 44.5 Å². The number of piperidine rings is 1. The van der Waals surface area contributed by atoms with Crippen LogP contribution in [0.3, 0.4) is 0 Å². The SMILES string of the molecule is CC(C)C1CCN(C(=O)OC(C)(C)C)CC1.CC(C)N1CCN(C)CC1. The lowest BCUT2D eigenvalue weighted by Crippen LogP contribution is -2.47. The standard InChI is InChI=1S/C13H25NO2.C8H18N2/c1-10(2)11-6-8-14(9-7-11)12(15)16-13(3,4)5;1-8(2)10-6-4-9(3)5-7-10/h10-11H,6-9H2,1-5H3;8H,4-7H2,1-3H3. The van der Waals surface area contributed by atoms with Gasteiger partial charge in [0.2, 0.25) is 0 Å². The van der Waals surface area contributed by atoms with E-state index in [1.807, 2.05) is 25.7 Å². The molecule has 2 aliphatic heterocycles. The highest BCUT2D eigenvalue weighted by atomic mass is 16.6. The molecule has 1 amide bonds. The fraction of sp³-hybridized carbons (Fsp3) is 0.952. The Morgan fingerprint density at radius 3 is 1.81 bits per heavy atom. The molecule has 0 unspecified atom stereocenters. The van der Waals surface area contributed by atoms with Crippen LogP contribution in [0.1, 0.15) is 61.3 Å². The topological polar surface area (TPSA) is 36.0 Å². The zero-order valence-electron chi connectivity index (χ0n) is 18.5. The molecule has 2 rings (SSSR count). The predicted octanol–water partition coefficient (Wildman–Crippen LogP) is 3.93. The molecule has 26 heavy (non-hydrogen) atoms. The van der Waals surface area contributed by atoms with Crippen LogP contribution in [0.15, 0.2) is 0 Å². The normalized spacial score (nSPS) is 20.9. The van der Waals surface area contributed by atoms with E-state index in [1.54, 1.807) is 0 Å². The monoisotopic (exact) mass is 369 g/mol. The molecule has 2 aliphatic rings. The average molecular weight is 370 g/mol. The smallest absolute Gasteiger partial charge is 0.410 e. The Hall–Kier alpha value is -0.810. The maximum Gasteiger partial charge on any atom is 0.410 e. The largest absolute Gasteiger partial charge is 0.444 e. The molecule has 5 nitrogen and oxygen atoms in total. The molecule has 2 heterocycles. The van der Waals surface area contributed by atoms with Gasteiger partial charge in [-0.05, 0) is 66.3 Å². The van der Waals surface area contributed by atoms with Crippen LogP contribution in [-0.2, 0) is 4.74 Å². The van der Waals surface area contributed by atoms with E-state index in [0.717, 1.165) is 43.8 Å². The van der Waals surface area contributed by atoms with Crippen LogP contribution in [0.2, 0.25) is 0 Å². The maximum absolute atomic E-state index is 11.8. The summed E-state index contributed by atoms with van der Waals surface area (Å²) in [5.74, 6) is 1.49. The summed E-state index contributed by atoms with van der Waals surface area (Å²) in [6, 6.07) is 0.730. The van der Waals surface area contributed by atoms with Gasteiger partial charge in [0.25, 0.3) is 0 Å². The number of amides is 1. The van der Waals surface area contributed by atoms with Crippen molar-refractivity contribution in [2.75, 3.05) is 46.3 Å². The summed E-state index contributed by atoms with van der Waals surface area (Å²) in [5, 5.41) is 0. The summed E-state index contributed by atoms with van der Waals surface area (Å²) >= 11 is 0. The molecule has 5 heteroatoms. The summed E-state index contributed by atoms with van der Waals surface area (Å²) < 4.78 is 5.36. The highest BCUT2D eigenvalue weighted by Crippen LogP contribution is 2.25. The minimum absolute atomic E-state index is 0.158. The number of likely N-dealkylation sites (tertiary alicyclic amines) is 1. The van der Waals surface area contributed by atoms with Crippen molar-refractivity contribution >= 4 is 6.09 Å². The summed E-state index contributed by atoms with van der Waals surface area (Å²) in [6.07, 6.45) is 2.06. The van der Waals surface area contributed by atoms with E-state index in [0.29, 0.717) is 0 Å². The third kappa shape index (κ3) is 8.72. The molecule has 0 saturated carbocycles. The molecule has 154 valence electrons. The van der Waals surface area contributed by atoms with Crippen molar-refractivity contribution < 1.29 is 9.53 Å². The first-order chi connectivity index (χ1) is 12.0. The number of nitrogens with zero attached hydrogens (tertiary/aromatic N) is 3. The van der Waals surface area contributed by atoms with Gasteiger partial charge in [-0.2, -0.15) is 0 Å². The van der Waals surface area contributed by atoms with Crippen molar-refractivity contribution in [1.82, 2.24) is 14.7 Å². The van der Waals surface area contributed by atoms with Gasteiger partial charge in [-0.25, -0.2) is 4.79 Å². The second kappa shape index (κ2) is 10.5. The van der Waals surface area contributed by atoms with Gasteiger partial charge in [-0.3, -0.25) is 4.90 Å². The number of hydrogen-bond donors (Lipinski definition) is 0. The van der Waals surface area contributed by atoms with Crippen LogP contribution in [0.5, 0.6) is 0 Å². The lowest BCUT2D eigenvalue weighted by molar-refractivity contribution is 0.0166. The Bertz CT molecular complexity index is 402. The van der Waals surface area contributed by atoms with Gasteiger partial charge < -0.3 is 14.5 Å². The molecular formula is C21H43N3O2. The van der Waals surface area contributed by atoms with Gasteiger partial charge in [0.1, 0.15) is 5.60 Å². The van der Waals surface area contributed by atoms with Crippen LogP contribution in [0.4, 0.5) is 4.79 Å². The van der Waals surface area contributed by atoms with Gasteiger partial charge in [0.15, 0.2) is 0 Å². The van der Waals surface area contributed by atoms with Crippen LogP contribution >= 0.6 is 0 Å². The average Bonchev–Trinajstić information content (AvgIpc) is 2.54. The Morgan fingerprint density at radius 2 is 1.42 bits per heavy atom. The highest BCUT2D eigenvalue weighted by molar-refractivity contribution is 5.68. The third-order valence-electron chi connectivity index (χ3n) is 5.40. The first-order valence-electron chi connectivity index (χ1n) is 10.4. The molecule has 0 aromatic rings. The fourth-order valence-corrected chi connectivity index (χ4v) is 3.41. The number of carbonyl (C=O) groups is 1. The molecule has 0 N–H and O–H groups in total. The van der Waals surface area contributed by atoms with E-state index in [1.165, 1.54) is 26.2 Å². The number of ether oxygens (including phenoxy) is 1. The van der Waals surface area contributed by atoms with Gasteiger partial charge in [-0.1, -0.05) is 13.8 Å². The number of piperazine rings is 1. The summed E-state index contributed by atoms with van der Waals surface area (Å²) in [5.41, 5.74) is -0.383. The summed E-state index contributed by atoms with van der Waals surface area (Å²) in [6.45, 7) is 21.4. The number of rotatable bonds is 2.